The molecule has 0 bridgehead atoms. The zero-order valence-corrected chi connectivity index (χ0v) is 13.3. The van der Waals surface area contributed by atoms with Crippen molar-refractivity contribution in [3.8, 4) is 0 Å². The van der Waals surface area contributed by atoms with Crippen molar-refractivity contribution in [2.24, 2.45) is 11.8 Å². The van der Waals surface area contributed by atoms with E-state index < -0.39 is 0 Å². The van der Waals surface area contributed by atoms with E-state index in [4.69, 9.17) is 0 Å². The fourth-order valence-corrected chi connectivity index (χ4v) is 3.96. The third kappa shape index (κ3) is 4.75. The third-order valence-corrected chi connectivity index (χ3v) is 5.26. The van der Waals surface area contributed by atoms with Crippen molar-refractivity contribution in [2.75, 3.05) is 19.6 Å². The number of piperidine rings is 1. The van der Waals surface area contributed by atoms with Crippen LogP contribution in [-0.4, -0.2) is 36.6 Å². The van der Waals surface area contributed by atoms with Crippen LogP contribution in [0.5, 0.6) is 0 Å². The first-order chi connectivity index (χ1) is 9.19. The first-order valence-corrected chi connectivity index (χ1v) is 8.67. The van der Waals surface area contributed by atoms with Crippen molar-refractivity contribution < 1.29 is 0 Å². The predicted octanol–water partition coefficient (Wildman–Crippen LogP) is 3.67. The summed E-state index contributed by atoms with van der Waals surface area (Å²) in [6.07, 6.45) is 9.77. The second kappa shape index (κ2) is 7.64. The van der Waals surface area contributed by atoms with Crippen LogP contribution in [0.2, 0.25) is 0 Å². The summed E-state index contributed by atoms with van der Waals surface area (Å²) in [5.74, 6) is 1.84. The minimum absolute atomic E-state index is 0.795. The van der Waals surface area contributed by atoms with Crippen molar-refractivity contribution in [1.29, 1.82) is 0 Å². The van der Waals surface area contributed by atoms with Gasteiger partial charge >= 0.3 is 0 Å². The Hall–Kier alpha value is -0.0800. The number of hydrogen-bond acceptors (Lipinski definition) is 2. The molecular formula is C17H34N2. The third-order valence-electron chi connectivity index (χ3n) is 5.26. The Balaban J connectivity index is 1.70. The Labute approximate surface area is 120 Å². The van der Waals surface area contributed by atoms with Gasteiger partial charge in [0.15, 0.2) is 0 Å². The van der Waals surface area contributed by atoms with Gasteiger partial charge in [-0.25, -0.2) is 0 Å². The van der Waals surface area contributed by atoms with Gasteiger partial charge in [0.2, 0.25) is 0 Å². The van der Waals surface area contributed by atoms with E-state index in [0.717, 1.165) is 23.9 Å². The van der Waals surface area contributed by atoms with Gasteiger partial charge in [-0.1, -0.05) is 33.6 Å². The van der Waals surface area contributed by atoms with Crippen LogP contribution in [0, 0.1) is 11.8 Å². The number of likely N-dealkylation sites (tertiary alicyclic amines) is 1. The van der Waals surface area contributed by atoms with E-state index in [2.05, 4.69) is 31.0 Å². The van der Waals surface area contributed by atoms with E-state index in [9.17, 15) is 0 Å². The fraction of sp³-hybridized carbons (Fsp3) is 1.00. The molecule has 0 amide bonds. The zero-order chi connectivity index (χ0) is 13.7. The molecule has 0 spiro atoms. The lowest BCUT2D eigenvalue weighted by molar-refractivity contribution is 0.167. The number of nitrogens with zero attached hydrogens (tertiary/aromatic N) is 1. The predicted molar refractivity (Wildman–Crippen MR) is 83.5 cm³/mol. The second-order valence-corrected chi connectivity index (χ2v) is 7.15. The molecule has 0 aromatic heterocycles. The zero-order valence-electron chi connectivity index (χ0n) is 13.3. The molecular weight excluding hydrogens is 232 g/mol. The van der Waals surface area contributed by atoms with Gasteiger partial charge in [-0.3, -0.25) is 0 Å². The molecule has 1 aliphatic carbocycles. The van der Waals surface area contributed by atoms with Gasteiger partial charge in [-0.15, -0.1) is 0 Å². The molecule has 0 aromatic rings. The Morgan fingerprint density at radius 2 is 1.79 bits per heavy atom. The molecule has 2 fully saturated rings. The SMILES string of the molecule is CCCN1CCC(NC2CCCC(C(C)C)C2)CC1. The number of nitrogens with one attached hydrogen (secondary N) is 1. The highest BCUT2D eigenvalue weighted by molar-refractivity contribution is 4.85. The van der Waals surface area contributed by atoms with E-state index in [1.807, 2.05) is 0 Å². The maximum absolute atomic E-state index is 3.98. The highest BCUT2D eigenvalue weighted by Crippen LogP contribution is 2.30. The summed E-state index contributed by atoms with van der Waals surface area (Å²) in [6, 6.07) is 1.60. The molecule has 1 N–H and O–H groups in total. The standard InChI is InChI=1S/C17H34N2/c1-4-10-19-11-8-16(9-12-19)18-17-7-5-6-15(13-17)14(2)3/h14-18H,4-13H2,1-3H3. The normalized spacial score (nSPS) is 30.9. The van der Waals surface area contributed by atoms with E-state index in [-0.39, 0.29) is 0 Å². The quantitative estimate of drug-likeness (QED) is 0.817. The average Bonchev–Trinajstić information content (AvgIpc) is 2.42. The van der Waals surface area contributed by atoms with Crippen LogP contribution in [0.25, 0.3) is 0 Å². The van der Waals surface area contributed by atoms with Crippen molar-refractivity contribution in [2.45, 2.75) is 77.8 Å². The van der Waals surface area contributed by atoms with Crippen LogP contribution in [0.1, 0.15) is 65.7 Å². The van der Waals surface area contributed by atoms with Crippen molar-refractivity contribution in [3.63, 3.8) is 0 Å². The molecule has 0 radical (unpaired) electrons. The molecule has 2 unspecified atom stereocenters. The lowest BCUT2D eigenvalue weighted by atomic mass is 9.79. The molecule has 1 saturated carbocycles. The molecule has 2 atom stereocenters. The van der Waals surface area contributed by atoms with E-state index >= 15 is 0 Å². The molecule has 2 heteroatoms. The van der Waals surface area contributed by atoms with Crippen LogP contribution >= 0.6 is 0 Å². The van der Waals surface area contributed by atoms with Crippen molar-refractivity contribution in [3.05, 3.63) is 0 Å². The average molecular weight is 266 g/mol. The molecule has 2 nitrogen and oxygen atoms in total. The molecule has 19 heavy (non-hydrogen) atoms. The van der Waals surface area contributed by atoms with Gasteiger partial charge in [-0.2, -0.15) is 0 Å². The highest BCUT2D eigenvalue weighted by atomic mass is 15.1. The Kier molecular flexibility index (Phi) is 6.15. The van der Waals surface area contributed by atoms with Gasteiger partial charge in [0.25, 0.3) is 0 Å². The lowest BCUT2D eigenvalue weighted by Crippen LogP contribution is -2.47. The van der Waals surface area contributed by atoms with Crippen molar-refractivity contribution in [1.82, 2.24) is 10.2 Å². The molecule has 1 saturated heterocycles. The van der Waals surface area contributed by atoms with E-state index in [1.165, 1.54) is 64.6 Å². The Bertz CT molecular complexity index is 244. The van der Waals surface area contributed by atoms with E-state index in [0.29, 0.717) is 0 Å². The molecule has 112 valence electrons. The minimum Gasteiger partial charge on any atom is -0.311 e. The summed E-state index contributed by atoms with van der Waals surface area (Å²) in [5, 5.41) is 3.98. The summed E-state index contributed by atoms with van der Waals surface area (Å²) in [7, 11) is 0. The monoisotopic (exact) mass is 266 g/mol. The summed E-state index contributed by atoms with van der Waals surface area (Å²) in [4.78, 5) is 2.63. The topological polar surface area (TPSA) is 15.3 Å². The van der Waals surface area contributed by atoms with Gasteiger partial charge in [-0.05, 0) is 63.6 Å². The first-order valence-electron chi connectivity index (χ1n) is 8.67. The van der Waals surface area contributed by atoms with Gasteiger partial charge in [0.05, 0.1) is 0 Å². The summed E-state index contributed by atoms with van der Waals surface area (Å²) in [6.45, 7) is 11.0. The van der Waals surface area contributed by atoms with Crippen LogP contribution < -0.4 is 5.32 Å². The van der Waals surface area contributed by atoms with E-state index in [1.54, 1.807) is 0 Å². The van der Waals surface area contributed by atoms with Crippen LogP contribution in [0.3, 0.4) is 0 Å². The Morgan fingerprint density at radius 3 is 2.42 bits per heavy atom. The largest absolute Gasteiger partial charge is 0.311 e. The highest BCUT2D eigenvalue weighted by Gasteiger charge is 2.27. The Morgan fingerprint density at radius 1 is 1.05 bits per heavy atom. The van der Waals surface area contributed by atoms with Crippen LogP contribution in [-0.2, 0) is 0 Å². The summed E-state index contributed by atoms with van der Waals surface area (Å²) in [5.41, 5.74) is 0. The smallest absolute Gasteiger partial charge is 0.00940 e. The van der Waals surface area contributed by atoms with Crippen LogP contribution in [0.4, 0.5) is 0 Å². The number of hydrogen-bond donors (Lipinski definition) is 1. The number of rotatable bonds is 5. The molecule has 1 heterocycles. The first kappa shape index (κ1) is 15.3. The molecule has 1 aliphatic heterocycles. The van der Waals surface area contributed by atoms with Gasteiger partial charge in [0, 0.05) is 12.1 Å². The van der Waals surface area contributed by atoms with Crippen molar-refractivity contribution >= 4 is 0 Å². The maximum Gasteiger partial charge on any atom is 0.00940 e. The van der Waals surface area contributed by atoms with Gasteiger partial charge < -0.3 is 10.2 Å². The minimum atomic E-state index is 0.795. The maximum atomic E-state index is 3.98. The summed E-state index contributed by atoms with van der Waals surface area (Å²) < 4.78 is 0. The van der Waals surface area contributed by atoms with Gasteiger partial charge in [0.1, 0.15) is 0 Å². The second-order valence-electron chi connectivity index (χ2n) is 7.15. The van der Waals surface area contributed by atoms with Crippen LogP contribution in [0.15, 0.2) is 0 Å². The summed E-state index contributed by atoms with van der Waals surface area (Å²) >= 11 is 0. The molecule has 2 aliphatic rings. The lowest BCUT2D eigenvalue weighted by Gasteiger charge is -2.38. The molecule has 2 rings (SSSR count). The fourth-order valence-electron chi connectivity index (χ4n) is 3.96. The molecule has 0 aromatic carbocycles.